The van der Waals surface area contributed by atoms with Crippen LogP contribution in [0.5, 0.6) is 0 Å². The van der Waals surface area contributed by atoms with Gasteiger partial charge in [-0.25, -0.2) is 0 Å². The first-order valence-electron chi connectivity index (χ1n) is 12.5. The molecule has 6 rings (SSSR count). The molecule has 0 fully saturated rings. The molecule has 1 atom stereocenters. The highest BCUT2D eigenvalue weighted by molar-refractivity contribution is 6.26. The van der Waals surface area contributed by atoms with E-state index in [-0.39, 0.29) is 24.0 Å². The molecular formula is C33H22F6. The second-order valence-corrected chi connectivity index (χ2v) is 9.95. The third kappa shape index (κ3) is 4.28. The Labute approximate surface area is 221 Å². The van der Waals surface area contributed by atoms with Gasteiger partial charge in [0.05, 0.1) is 11.1 Å². The fraction of sp³-hybridized carbons (Fsp3) is 0.152. The minimum Gasteiger partial charge on any atom is -0.166 e. The Balaban J connectivity index is 1.72. The van der Waals surface area contributed by atoms with Crippen molar-refractivity contribution in [2.75, 3.05) is 0 Å². The summed E-state index contributed by atoms with van der Waals surface area (Å²) in [5.74, 6) is -0.0210. The summed E-state index contributed by atoms with van der Waals surface area (Å²) in [6.45, 7) is 2.08. The van der Waals surface area contributed by atoms with Crippen molar-refractivity contribution in [1.82, 2.24) is 0 Å². The first-order chi connectivity index (χ1) is 18.5. The fourth-order valence-electron chi connectivity index (χ4n) is 5.92. The molecule has 196 valence electrons. The molecule has 0 amide bonds. The number of allylic oxidation sites excluding steroid dienone is 4. The van der Waals surface area contributed by atoms with Crippen molar-refractivity contribution in [1.29, 1.82) is 0 Å². The van der Waals surface area contributed by atoms with Gasteiger partial charge < -0.3 is 0 Å². The van der Waals surface area contributed by atoms with Gasteiger partial charge in [-0.1, -0.05) is 85.8 Å². The van der Waals surface area contributed by atoms with Gasteiger partial charge in [-0.3, -0.25) is 0 Å². The molecule has 0 heterocycles. The van der Waals surface area contributed by atoms with Crippen molar-refractivity contribution >= 4 is 22.3 Å². The minimum absolute atomic E-state index is 0.0210. The average Bonchev–Trinajstić information content (AvgIpc) is 3.43. The summed E-state index contributed by atoms with van der Waals surface area (Å²) in [4.78, 5) is 0. The van der Waals surface area contributed by atoms with E-state index >= 15 is 0 Å². The molecule has 6 heteroatoms. The summed E-state index contributed by atoms with van der Waals surface area (Å²) in [7, 11) is 0. The summed E-state index contributed by atoms with van der Waals surface area (Å²) >= 11 is 0. The maximum Gasteiger partial charge on any atom is 0.416 e. The van der Waals surface area contributed by atoms with Crippen molar-refractivity contribution < 1.29 is 26.3 Å². The molecule has 4 aromatic carbocycles. The smallest absolute Gasteiger partial charge is 0.166 e. The van der Waals surface area contributed by atoms with Crippen LogP contribution in [0.3, 0.4) is 0 Å². The fourth-order valence-corrected chi connectivity index (χ4v) is 5.92. The van der Waals surface area contributed by atoms with E-state index in [0.29, 0.717) is 11.1 Å². The predicted octanol–water partition coefficient (Wildman–Crippen LogP) is 9.92. The average molecular weight is 533 g/mol. The Morgan fingerprint density at radius 2 is 1.15 bits per heavy atom. The Bertz CT molecular complexity index is 1620. The van der Waals surface area contributed by atoms with Crippen molar-refractivity contribution in [2.45, 2.75) is 31.6 Å². The lowest BCUT2D eigenvalue weighted by Crippen LogP contribution is -2.12. The topological polar surface area (TPSA) is 0 Å². The first kappa shape index (κ1) is 25.2. The molecule has 0 nitrogen and oxygen atoms in total. The predicted molar refractivity (Wildman–Crippen MR) is 142 cm³/mol. The maximum atomic E-state index is 13.8. The molecule has 1 unspecified atom stereocenters. The van der Waals surface area contributed by atoms with Crippen LogP contribution in [0.4, 0.5) is 26.3 Å². The Kier molecular flexibility index (Phi) is 5.83. The van der Waals surface area contributed by atoms with Crippen molar-refractivity contribution in [3.8, 4) is 0 Å². The molecule has 0 bridgehead atoms. The number of hydrogen-bond donors (Lipinski definition) is 0. The lowest BCUT2D eigenvalue weighted by molar-refractivity contribution is -0.143. The first-order valence-corrected chi connectivity index (χ1v) is 12.5. The molecule has 2 aliphatic rings. The van der Waals surface area contributed by atoms with Gasteiger partial charge in [0, 0.05) is 5.92 Å². The zero-order chi connectivity index (χ0) is 27.5. The van der Waals surface area contributed by atoms with E-state index in [1.165, 1.54) is 0 Å². The van der Waals surface area contributed by atoms with Crippen molar-refractivity contribution in [3.63, 3.8) is 0 Å². The highest BCUT2D eigenvalue weighted by Crippen LogP contribution is 2.56. The molecule has 0 aliphatic heterocycles. The molecule has 39 heavy (non-hydrogen) atoms. The monoisotopic (exact) mass is 532 g/mol. The number of fused-ring (bicyclic) bond motifs is 2. The van der Waals surface area contributed by atoms with E-state index in [4.69, 9.17) is 0 Å². The van der Waals surface area contributed by atoms with Crippen LogP contribution in [0.2, 0.25) is 0 Å². The zero-order valence-electron chi connectivity index (χ0n) is 20.8. The number of alkyl halides is 6. The number of hydrogen-bond acceptors (Lipinski definition) is 0. The quantitative estimate of drug-likeness (QED) is 0.230. The minimum atomic E-state index is -4.93. The van der Waals surface area contributed by atoms with Gasteiger partial charge >= 0.3 is 12.4 Å². The van der Waals surface area contributed by atoms with Crippen LogP contribution in [0.25, 0.3) is 22.3 Å². The van der Waals surface area contributed by atoms with E-state index in [1.807, 2.05) is 78.9 Å². The highest BCUT2D eigenvalue weighted by atomic mass is 19.4. The molecule has 4 aromatic rings. The van der Waals surface area contributed by atoms with Gasteiger partial charge in [0.25, 0.3) is 0 Å². The van der Waals surface area contributed by atoms with Crippen molar-refractivity contribution in [2.24, 2.45) is 0 Å². The van der Waals surface area contributed by atoms with Crippen LogP contribution in [0, 0.1) is 0 Å². The lowest BCUT2D eigenvalue weighted by Gasteiger charge is -2.18. The van der Waals surface area contributed by atoms with E-state index in [9.17, 15) is 26.3 Å². The van der Waals surface area contributed by atoms with Gasteiger partial charge in [0.15, 0.2) is 0 Å². The number of benzene rings is 4. The summed E-state index contributed by atoms with van der Waals surface area (Å²) in [5, 5.41) is 0. The van der Waals surface area contributed by atoms with E-state index in [0.717, 1.165) is 51.1 Å². The third-order valence-electron chi connectivity index (χ3n) is 7.63. The van der Waals surface area contributed by atoms with Gasteiger partial charge in [-0.05, 0) is 80.3 Å². The summed E-state index contributed by atoms with van der Waals surface area (Å²) in [6.07, 6.45) is -9.62. The zero-order valence-corrected chi connectivity index (χ0v) is 20.8. The van der Waals surface area contributed by atoms with Gasteiger partial charge in [-0.15, -0.1) is 0 Å². The molecule has 0 spiro atoms. The number of halogens is 6. The Hall–Kier alpha value is -4.06. The molecule has 0 radical (unpaired) electrons. The van der Waals surface area contributed by atoms with Crippen LogP contribution in [-0.2, 0) is 18.8 Å². The molecule has 2 aliphatic carbocycles. The van der Waals surface area contributed by atoms with Crippen LogP contribution < -0.4 is 0 Å². The molecule has 0 saturated heterocycles. The van der Waals surface area contributed by atoms with Crippen LogP contribution >= 0.6 is 0 Å². The largest absolute Gasteiger partial charge is 0.416 e. The molecular weight excluding hydrogens is 510 g/mol. The van der Waals surface area contributed by atoms with E-state index in [1.54, 1.807) is 0 Å². The van der Waals surface area contributed by atoms with Crippen LogP contribution in [-0.4, -0.2) is 0 Å². The standard InChI is InChI=1S/C33H22F6/c1-19-25-12-7-8-14-27(25)31(29(19)20-9-3-2-4-10-20)30-26-13-6-5-11-21(26)17-28(30)22-15-23(32(34,35)36)18-24(16-22)33(37,38)39/h2-16,18-19H,17H2,1H3. The molecule has 0 N–H and O–H groups in total. The SMILES string of the molecule is CC1C(c2ccccc2)=C(C2=C(c3cc(C(F)(F)F)cc(C(F)(F)F)c3)Cc3ccccc32)c2ccccc21. The highest BCUT2D eigenvalue weighted by Gasteiger charge is 2.39. The second-order valence-electron chi connectivity index (χ2n) is 9.95. The van der Waals surface area contributed by atoms with Crippen LogP contribution in [0.15, 0.2) is 97.1 Å². The van der Waals surface area contributed by atoms with E-state index in [2.05, 4.69) is 6.92 Å². The van der Waals surface area contributed by atoms with Gasteiger partial charge in [-0.2, -0.15) is 26.3 Å². The van der Waals surface area contributed by atoms with Crippen molar-refractivity contribution in [3.05, 3.63) is 142 Å². The molecule has 0 saturated carbocycles. The Morgan fingerprint density at radius 1 is 0.590 bits per heavy atom. The normalized spacial score (nSPS) is 17.1. The van der Waals surface area contributed by atoms with Gasteiger partial charge in [0.1, 0.15) is 0 Å². The van der Waals surface area contributed by atoms with Crippen LogP contribution in [0.1, 0.15) is 57.3 Å². The van der Waals surface area contributed by atoms with E-state index < -0.39 is 23.5 Å². The summed E-state index contributed by atoms with van der Waals surface area (Å²) < 4.78 is 82.9. The summed E-state index contributed by atoms with van der Waals surface area (Å²) in [5.41, 5.74) is 4.98. The Morgan fingerprint density at radius 3 is 1.79 bits per heavy atom. The molecule has 0 aromatic heterocycles. The maximum absolute atomic E-state index is 13.8. The number of rotatable bonds is 3. The van der Waals surface area contributed by atoms with Gasteiger partial charge in [0.2, 0.25) is 0 Å². The third-order valence-corrected chi connectivity index (χ3v) is 7.63. The second kappa shape index (κ2) is 9.01. The summed E-state index contributed by atoms with van der Waals surface area (Å²) in [6, 6.07) is 27.0. The lowest BCUT2D eigenvalue weighted by atomic mass is 9.86.